The van der Waals surface area contributed by atoms with Crippen LogP contribution < -0.4 is 5.32 Å². The number of esters is 1. The second kappa shape index (κ2) is 8.07. The van der Waals surface area contributed by atoms with Gasteiger partial charge < -0.3 is 20.1 Å². The normalized spacial score (nSPS) is 19.1. The first-order valence-electron chi connectivity index (χ1n) is 7.78. The highest BCUT2D eigenvalue weighted by Gasteiger charge is 2.29. The average Bonchev–Trinajstić information content (AvgIpc) is 3.06. The van der Waals surface area contributed by atoms with E-state index in [0.29, 0.717) is 32.4 Å². The van der Waals surface area contributed by atoms with E-state index in [1.165, 1.54) is 13.4 Å². The number of piperidine rings is 1. The van der Waals surface area contributed by atoms with Crippen molar-refractivity contribution in [1.82, 2.24) is 20.2 Å². The third kappa shape index (κ3) is 4.77. The van der Waals surface area contributed by atoms with Crippen molar-refractivity contribution >= 4 is 11.9 Å². The van der Waals surface area contributed by atoms with Crippen molar-refractivity contribution in [3.05, 3.63) is 18.2 Å². The van der Waals surface area contributed by atoms with Gasteiger partial charge in [-0.15, -0.1) is 0 Å². The third-order valence-electron chi connectivity index (χ3n) is 4.21. The molecular weight excluding hydrogens is 300 g/mol. The number of rotatable bonds is 6. The molecule has 3 N–H and O–H groups in total. The minimum atomic E-state index is -0.759. The van der Waals surface area contributed by atoms with Crippen molar-refractivity contribution in [3.63, 3.8) is 0 Å². The number of aromatic nitrogens is 2. The summed E-state index contributed by atoms with van der Waals surface area (Å²) in [5.74, 6) is -0.717. The predicted molar refractivity (Wildman–Crippen MR) is 82.5 cm³/mol. The third-order valence-corrected chi connectivity index (χ3v) is 4.21. The smallest absolute Gasteiger partial charge is 0.328 e. The molecule has 1 aliphatic heterocycles. The lowest BCUT2D eigenvalue weighted by molar-refractivity contribution is -0.145. The van der Waals surface area contributed by atoms with Crippen LogP contribution >= 0.6 is 0 Å². The molecule has 1 saturated heterocycles. The number of imidazole rings is 1. The maximum Gasteiger partial charge on any atom is 0.328 e. The Balaban J connectivity index is 1.94. The van der Waals surface area contributed by atoms with Crippen LogP contribution in [-0.2, 0) is 20.7 Å². The first-order chi connectivity index (χ1) is 11.0. The predicted octanol–water partition coefficient (Wildman–Crippen LogP) is -0.545. The molecule has 1 fully saturated rings. The number of carbonyl (C=O) groups excluding carboxylic acids is 2. The molecule has 23 heavy (non-hydrogen) atoms. The van der Waals surface area contributed by atoms with E-state index in [2.05, 4.69) is 15.3 Å². The minimum Gasteiger partial charge on any atom is -0.467 e. The lowest BCUT2D eigenvalue weighted by atomic mass is 10.1. The molecule has 0 aromatic carbocycles. The number of nitrogens with zero attached hydrogens (tertiary/aromatic N) is 2. The van der Waals surface area contributed by atoms with E-state index in [0.717, 1.165) is 5.69 Å². The Bertz CT molecular complexity index is 512. The van der Waals surface area contributed by atoms with E-state index >= 15 is 0 Å². The van der Waals surface area contributed by atoms with Crippen LogP contribution in [0.1, 0.15) is 25.5 Å². The van der Waals surface area contributed by atoms with Gasteiger partial charge in [0.05, 0.1) is 25.6 Å². The Labute approximate surface area is 135 Å². The van der Waals surface area contributed by atoms with Gasteiger partial charge in [0, 0.05) is 31.4 Å². The van der Waals surface area contributed by atoms with Gasteiger partial charge in [-0.2, -0.15) is 0 Å². The average molecular weight is 324 g/mol. The second-order valence-corrected chi connectivity index (χ2v) is 5.81. The van der Waals surface area contributed by atoms with Crippen molar-refractivity contribution in [2.45, 2.75) is 44.4 Å². The highest BCUT2D eigenvalue weighted by atomic mass is 16.5. The molecular formula is C15H24N4O4. The first-order valence-corrected chi connectivity index (χ1v) is 7.78. The van der Waals surface area contributed by atoms with Crippen LogP contribution in [0.3, 0.4) is 0 Å². The fraction of sp³-hybridized carbons (Fsp3) is 0.667. The van der Waals surface area contributed by atoms with Gasteiger partial charge >= 0.3 is 5.97 Å². The van der Waals surface area contributed by atoms with E-state index in [1.54, 1.807) is 13.1 Å². The molecule has 1 aliphatic rings. The summed E-state index contributed by atoms with van der Waals surface area (Å²) in [5.41, 5.74) is 0.745. The molecule has 0 spiro atoms. The van der Waals surface area contributed by atoms with Gasteiger partial charge in [0.1, 0.15) is 6.04 Å². The fourth-order valence-electron chi connectivity index (χ4n) is 2.68. The lowest BCUT2D eigenvalue weighted by Gasteiger charge is -2.34. The van der Waals surface area contributed by atoms with Crippen LogP contribution in [0.15, 0.2) is 12.5 Å². The van der Waals surface area contributed by atoms with E-state index in [-0.39, 0.29) is 18.1 Å². The highest BCUT2D eigenvalue weighted by Crippen LogP contribution is 2.13. The van der Waals surface area contributed by atoms with Gasteiger partial charge in [-0.1, -0.05) is 0 Å². The summed E-state index contributed by atoms with van der Waals surface area (Å²) in [6, 6.07) is -1.12. The molecule has 1 aromatic heterocycles. The van der Waals surface area contributed by atoms with Gasteiger partial charge in [0.25, 0.3) is 0 Å². The number of aliphatic hydroxyl groups is 1. The molecule has 0 bridgehead atoms. The van der Waals surface area contributed by atoms with Gasteiger partial charge in [0.2, 0.25) is 5.91 Å². The monoisotopic (exact) mass is 324 g/mol. The Hall–Kier alpha value is -1.93. The number of aromatic amines is 1. The van der Waals surface area contributed by atoms with Crippen molar-refractivity contribution in [3.8, 4) is 0 Å². The summed E-state index contributed by atoms with van der Waals surface area (Å²) < 4.78 is 4.77. The number of aliphatic hydroxyl groups excluding tert-OH is 1. The van der Waals surface area contributed by atoms with E-state index in [9.17, 15) is 14.7 Å². The summed E-state index contributed by atoms with van der Waals surface area (Å²) >= 11 is 0. The molecule has 2 atom stereocenters. The molecule has 0 radical (unpaired) electrons. The quantitative estimate of drug-likeness (QED) is 0.606. The van der Waals surface area contributed by atoms with Gasteiger partial charge in [-0.05, 0) is 19.8 Å². The standard InChI is InChI=1S/C15H24N4O4/c1-10(19-5-3-12(20)4-6-19)14(21)18-13(15(22)23-2)7-11-8-16-9-17-11/h8-10,12-13,20H,3-7H2,1-2H3,(H,16,17)(H,18,21)/t10?,13-/m0/s1. The van der Waals surface area contributed by atoms with Crippen LogP contribution in [0.4, 0.5) is 0 Å². The maximum atomic E-state index is 12.4. The van der Waals surface area contributed by atoms with Crippen LogP contribution in [-0.4, -0.2) is 70.2 Å². The van der Waals surface area contributed by atoms with Crippen LogP contribution in [0.5, 0.6) is 0 Å². The number of nitrogens with one attached hydrogen (secondary N) is 2. The topological polar surface area (TPSA) is 108 Å². The van der Waals surface area contributed by atoms with Crippen LogP contribution in [0, 0.1) is 0 Å². The molecule has 1 aromatic rings. The Morgan fingerprint density at radius 1 is 1.52 bits per heavy atom. The highest BCUT2D eigenvalue weighted by molar-refractivity contribution is 5.87. The van der Waals surface area contributed by atoms with E-state index < -0.39 is 12.0 Å². The van der Waals surface area contributed by atoms with E-state index in [1.807, 2.05) is 4.90 Å². The number of H-pyrrole nitrogens is 1. The number of amides is 1. The zero-order valence-corrected chi connectivity index (χ0v) is 13.5. The molecule has 0 saturated carbocycles. The minimum absolute atomic E-state index is 0.226. The maximum absolute atomic E-state index is 12.4. The summed E-state index contributed by atoms with van der Waals surface area (Å²) in [7, 11) is 1.30. The zero-order valence-electron chi connectivity index (χ0n) is 13.5. The van der Waals surface area contributed by atoms with Crippen molar-refractivity contribution < 1.29 is 19.4 Å². The van der Waals surface area contributed by atoms with E-state index in [4.69, 9.17) is 4.74 Å². The Morgan fingerprint density at radius 3 is 2.78 bits per heavy atom. The van der Waals surface area contributed by atoms with Crippen molar-refractivity contribution in [2.24, 2.45) is 0 Å². The summed E-state index contributed by atoms with van der Waals surface area (Å²) in [5, 5.41) is 12.3. The second-order valence-electron chi connectivity index (χ2n) is 5.81. The number of methoxy groups -OCH3 is 1. The summed E-state index contributed by atoms with van der Waals surface area (Å²) in [6.45, 7) is 3.13. The largest absolute Gasteiger partial charge is 0.467 e. The Morgan fingerprint density at radius 2 is 2.22 bits per heavy atom. The zero-order chi connectivity index (χ0) is 16.8. The molecule has 1 unspecified atom stereocenters. The van der Waals surface area contributed by atoms with Crippen LogP contribution in [0.2, 0.25) is 0 Å². The molecule has 1 amide bonds. The number of carbonyl (C=O) groups is 2. The number of likely N-dealkylation sites (tertiary alicyclic amines) is 1. The Kier molecular flexibility index (Phi) is 6.12. The lowest BCUT2D eigenvalue weighted by Crippen LogP contribution is -2.53. The number of hydrogen-bond donors (Lipinski definition) is 3. The van der Waals surface area contributed by atoms with Crippen molar-refractivity contribution in [1.29, 1.82) is 0 Å². The first kappa shape index (κ1) is 17.4. The van der Waals surface area contributed by atoms with Crippen LogP contribution in [0.25, 0.3) is 0 Å². The molecule has 2 heterocycles. The molecule has 0 aliphatic carbocycles. The molecule has 8 heteroatoms. The number of ether oxygens (including phenoxy) is 1. The van der Waals surface area contributed by atoms with Gasteiger partial charge in [-0.25, -0.2) is 9.78 Å². The van der Waals surface area contributed by atoms with Gasteiger partial charge in [0.15, 0.2) is 0 Å². The molecule has 2 rings (SSSR count). The fourth-order valence-corrected chi connectivity index (χ4v) is 2.68. The van der Waals surface area contributed by atoms with Crippen molar-refractivity contribution in [2.75, 3.05) is 20.2 Å². The summed E-state index contributed by atoms with van der Waals surface area (Å²) in [4.78, 5) is 33.2. The molecule has 8 nitrogen and oxygen atoms in total. The van der Waals surface area contributed by atoms with Gasteiger partial charge in [-0.3, -0.25) is 9.69 Å². The summed E-state index contributed by atoms with van der Waals surface area (Å²) in [6.07, 6.45) is 4.46. The SMILES string of the molecule is COC(=O)[C@H](Cc1cnc[nH]1)NC(=O)C(C)N1CCC(O)CC1. The molecule has 128 valence electrons. The number of hydrogen-bond acceptors (Lipinski definition) is 6.